The van der Waals surface area contributed by atoms with Crippen LogP contribution in [0.3, 0.4) is 0 Å². The lowest BCUT2D eigenvalue weighted by Crippen LogP contribution is -2.45. The molecule has 0 radical (unpaired) electrons. The number of aromatic hydroxyl groups is 2. The Morgan fingerprint density at radius 2 is 1.79 bits per heavy atom. The zero-order chi connectivity index (χ0) is 12.3. The molecule has 1 atom stereocenters. The second-order valence-electron chi connectivity index (χ2n) is 4.46. The molecule has 0 bridgehead atoms. The molecule has 0 aliphatic carbocycles. The normalized spacial score (nSPS) is 17.1. The van der Waals surface area contributed by atoms with Crippen LogP contribution < -0.4 is 5.32 Å². The third-order valence-electron chi connectivity index (χ3n) is 3.36. The maximum Gasteiger partial charge on any atom is 0.157 e. The predicted molar refractivity (Wildman–Crippen MR) is 81.7 cm³/mol. The van der Waals surface area contributed by atoms with E-state index in [1.165, 1.54) is 0 Å². The monoisotopic (exact) mass is 308 g/mol. The largest absolute Gasteiger partial charge is 0.504 e. The first-order valence-electron chi connectivity index (χ1n) is 6.19. The van der Waals surface area contributed by atoms with Gasteiger partial charge in [0.15, 0.2) is 11.5 Å². The number of benzene rings is 1. The van der Waals surface area contributed by atoms with Crippen LogP contribution in [0.1, 0.15) is 24.9 Å². The van der Waals surface area contributed by atoms with E-state index in [1.54, 1.807) is 12.1 Å². The third kappa shape index (κ3) is 4.42. The maximum atomic E-state index is 9.56. The summed E-state index contributed by atoms with van der Waals surface area (Å²) in [4.78, 5) is 2.42. The summed E-state index contributed by atoms with van der Waals surface area (Å²) in [6.45, 7) is 6.23. The highest BCUT2D eigenvalue weighted by molar-refractivity contribution is 5.85. The van der Waals surface area contributed by atoms with Crippen molar-refractivity contribution in [2.45, 2.75) is 19.4 Å². The van der Waals surface area contributed by atoms with Gasteiger partial charge in [-0.2, -0.15) is 0 Å². The highest BCUT2D eigenvalue weighted by Gasteiger charge is 2.21. The van der Waals surface area contributed by atoms with Gasteiger partial charge in [0.25, 0.3) is 0 Å². The number of halogens is 2. The van der Waals surface area contributed by atoms with Gasteiger partial charge in [0.05, 0.1) is 0 Å². The van der Waals surface area contributed by atoms with E-state index < -0.39 is 0 Å². The molecule has 0 unspecified atom stereocenters. The molecular formula is C13H22Cl2N2O2. The first-order chi connectivity index (χ1) is 8.22. The molecule has 1 aromatic carbocycles. The Kier molecular flexibility index (Phi) is 8.18. The average Bonchev–Trinajstić information content (AvgIpc) is 2.36. The standard InChI is InChI=1S/C13H20N2O2.2ClH/c1-2-11(15-7-5-14-6-8-15)10-3-4-12(16)13(17)9-10;;/h3-4,9,11,14,16-17H,2,5-8H2,1H3;2*1H/t11-;;/m1../s1. The molecule has 4 nitrogen and oxygen atoms in total. The van der Waals surface area contributed by atoms with Gasteiger partial charge in [-0.1, -0.05) is 13.0 Å². The molecule has 0 amide bonds. The van der Waals surface area contributed by atoms with Crippen LogP contribution in [-0.4, -0.2) is 41.3 Å². The summed E-state index contributed by atoms with van der Waals surface area (Å²) in [5.41, 5.74) is 1.07. The number of nitrogens with one attached hydrogen (secondary N) is 1. The number of phenols is 2. The number of piperazine rings is 1. The summed E-state index contributed by atoms with van der Waals surface area (Å²) >= 11 is 0. The van der Waals surface area contributed by atoms with E-state index in [1.807, 2.05) is 6.07 Å². The van der Waals surface area contributed by atoms with Crippen molar-refractivity contribution in [2.75, 3.05) is 26.2 Å². The Labute approximate surface area is 126 Å². The van der Waals surface area contributed by atoms with Crippen LogP contribution in [0.15, 0.2) is 18.2 Å². The van der Waals surface area contributed by atoms with Crippen molar-refractivity contribution in [3.63, 3.8) is 0 Å². The van der Waals surface area contributed by atoms with E-state index in [0.717, 1.165) is 38.2 Å². The highest BCUT2D eigenvalue weighted by Crippen LogP contribution is 2.31. The smallest absolute Gasteiger partial charge is 0.157 e. The lowest BCUT2D eigenvalue weighted by molar-refractivity contribution is 0.169. The summed E-state index contributed by atoms with van der Waals surface area (Å²) < 4.78 is 0. The predicted octanol–water partition coefficient (Wildman–Crippen LogP) is 2.30. The molecule has 0 spiro atoms. The highest BCUT2D eigenvalue weighted by atomic mass is 35.5. The third-order valence-corrected chi connectivity index (χ3v) is 3.36. The first kappa shape index (κ1) is 18.3. The fourth-order valence-corrected chi connectivity index (χ4v) is 2.45. The number of hydrogen-bond donors (Lipinski definition) is 3. The summed E-state index contributed by atoms with van der Waals surface area (Å²) in [6.07, 6.45) is 1.00. The van der Waals surface area contributed by atoms with Gasteiger partial charge < -0.3 is 15.5 Å². The van der Waals surface area contributed by atoms with Crippen LogP contribution in [-0.2, 0) is 0 Å². The van der Waals surface area contributed by atoms with Gasteiger partial charge in [-0.05, 0) is 24.1 Å². The van der Waals surface area contributed by atoms with Gasteiger partial charge in [-0.15, -0.1) is 24.8 Å². The van der Waals surface area contributed by atoms with E-state index in [9.17, 15) is 10.2 Å². The van der Waals surface area contributed by atoms with Gasteiger partial charge in [-0.3, -0.25) is 4.90 Å². The topological polar surface area (TPSA) is 55.7 Å². The fourth-order valence-electron chi connectivity index (χ4n) is 2.45. The summed E-state index contributed by atoms with van der Waals surface area (Å²) in [6, 6.07) is 5.45. The minimum Gasteiger partial charge on any atom is -0.504 e. The minimum atomic E-state index is -0.0519. The van der Waals surface area contributed by atoms with Crippen LogP contribution in [0.5, 0.6) is 11.5 Å². The van der Waals surface area contributed by atoms with Gasteiger partial charge in [0.2, 0.25) is 0 Å². The molecule has 110 valence electrons. The summed E-state index contributed by atoms with van der Waals surface area (Å²) in [5, 5.41) is 22.2. The van der Waals surface area contributed by atoms with Gasteiger partial charge in [-0.25, -0.2) is 0 Å². The Bertz CT molecular complexity index is 385. The molecule has 19 heavy (non-hydrogen) atoms. The molecule has 1 saturated heterocycles. The molecule has 3 N–H and O–H groups in total. The van der Waals surface area contributed by atoms with Crippen molar-refractivity contribution in [2.24, 2.45) is 0 Å². The van der Waals surface area contributed by atoms with Crippen LogP contribution in [0, 0.1) is 0 Å². The van der Waals surface area contributed by atoms with E-state index in [-0.39, 0.29) is 36.3 Å². The maximum absolute atomic E-state index is 9.56. The van der Waals surface area contributed by atoms with E-state index >= 15 is 0 Å². The van der Waals surface area contributed by atoms with E-state index in [2.05, 4.69) is 17.1 Å². The van der Waals surface area contributed by atoms with Crippen molar-refractivity contribution in [1.82, 2.24) is 10.2 Å². The van der Waals surface area contributed by atoms with Crippen LogP contribution in [0.25, 0.3) is 0 Å². The second-order valence-corrected chi connectivity index (χ2v) is 4.46. The molecule has 1 fully saturated rings. The molecule has 6 heteroatoms. The summed E-state index contributed by atoms with van der Waals surface area (Å²) in [7, 11) is 0. The van der Waals surface area contributed by atoms with Crippen LogP contribution in [0.2, 0.25) is 0 Å². The molecule has 0 saturated carbocycles. The lowest BCUT2D eigenvalue weighted by Gasteiger charge is -2.34. The number of phenolic OH excluding ortho intramolecular Hbond substituents is 2. The van der Waals surface area contributed by atoms with Crippen molar-refractivity contribution in [1.29, 1.82) is 0 Å². The number of nitrogens with zero attached hydrogens (tertiary/aromatic N) is 1. The molecule has 2 rings (SSSR count). The Morgan fingerprint density at radius 3 is 2.32 bits per heavy atom. The van der Waals surface area contributed by atoms with Gasteiger partial charge in [0, 0.05) is 32.2 Å². The van der Waals surface area contributed by atoms with Crippen molar-refractivity contribution in [3.8, 4) is 11.5 Å². The Hall–Kier alpha value is -0.680. The fraction of sp³-hybridized carbons (Fsp3) is 0.538. The van der Waals surface area contributed by atoms with E-state index in [4.69, 9.17) is 0 Å². The molecule has 1 aliphatic heterocycles. The second kappa shape index (κ2) is 8.48. The van der Waals surface area contributed by atoms with Crippen molar-refractivity contribution >= 4 is 24.8 Å². The van der Waals surface area contributed by atoms with Crippen LogP contribution in [0.4, 0.5) is 0 Å². The van der Waals surface area contributed by atoms with Crippen molar-refractivity contribution < 1.29 is 10.2 Å². The minimum absolute atomic E-state index is 0. The lowest BCUT2D eigenvalue weighted by atomic mass is 10.0. The molecule has 1 aromatic rings. The summed E-state index contributed by atoms with van der Waals surface area (Å²) in [5.74, 6) is -0.0833. The van der Waals surface area contributed by atoms with Crippen molar-refractivity contribution in [3.05, 3.63) is 23.8 Å². The Morgan fingerprint density at radius 1 is 1.16 bits per heavy atom. The zero-order valence-corrected chi connectivity index (χ0v) is 12.6. The van der Waals surface area contributed by atoms with Gasteiger partial charge in [0.1, 0.15) is 0 Å². The first-order valence-corrected chi connectivity index (χ1v) is 6.19. The number of rotatable bonds is 3. The van der Waals surface area contributed by atoms with Gasteiger partial charge >= 0.3 is 0 Å². The Balaban J connectivity index is 0.00000162. The number of hydrogen-bond acceptors (Lipinski definition) is 4. The van der Waals surface area contributed by atoms with Crippen LogP contribution >= 0.6 is 24.8 Å². The molecule has 1 heterocycles. The quantitative estimate of drug-likeness (QED) is 0.750. The molecule has 1 aliphatic rings. The zero-order valence-electron chi connectivity index (χ0n) is 11.0. The SMILES string of the molecule is CC[C@H](c1ccc(O)c(O)c1)N1CCNCC1.Cl.Cl. The average molecular weight is 309 g/mol. The molecular weight excluding hydrogens is 287 g/mol. The van der Waals surface area contributed by atoms with E-state index in [0.29, 0.717) is 6.04 Å². The molecule has 0 aromatic heterocycles.